The first kappa shape index (κ1) is 15.6. The van der Waals surface area contributed by atoms with Crippen LogP contribution in [0.1, 0.15) is 10.4 Å². The molecule has 1 aromatic heterocycles. The van der Waals surface area contributed by atoms with Crippen molar-refractivity contribution in [2.75, 3.05) is 12.4 Å². The van der Waals surface area contributed by atoms with E-state index in [2.05, 4.69) is 31.0 Å². The van der Waals surface area contributed by atoms with E-state index < -0.39 is 10.0 Å². The third kappa shape index (κ3) is 3.66. The van der Waals surface area contributed by atoms with Crippen molar-refractivity contribution >= 4 is 37.5 Å². The molecule has 2 aromatic rings. The number of hydrogen-bond donors (Lipinski definition) is 2. The third-order valence-electron chi connectivity index (χ3n) is 2.67. The van der Waals surface area contributed by atoms with E-state index in [1.54, 1.807) is 30.5 Å². The van der Waals surface area contributed by atoms with E-state index in [1.165, 1.54) is 19.2 Å². The first-order valence-electron chi connectivity index (χ1n) is 5.89. The normalized spacial score (nSPS) is 11.1. The SMILES string of the molecule is CNS(=O)(=O)c1cccc(NC(=O)c2cccnc2Br)c1. The fourth-order valence-electron chi connectivity index (χ4n) is 1.61. The molecule has 0 fully saturated rings. The molecule has 0 spiro atoms. The van der Waals surface area contributed by atoms with Crippen LogP contribution in [-0.4, -0.2) is 26.4 Å². The van der Waals surface area contributed by atoms with Crippen molar-refractivity contribution in [1.29, 1.82) is 0 Å². The van der Waals surface area contributed by atoms with Gasteiger partial charge in [-0.05, 0) is 53.3 Å². The zero-order valence-electron chi connectivity index (χ0n) is 11.0. The quantitative estimate of drug-likeness (QED) is 0.806. The van der Waals surface area contributed by atoms with Crippen LogP contribution in [0.25, 0.3) is 0 Å². The number of aromatic nitrogens is 1. The summed E-state index contributed by atoms with van der Waals surface area (Å²) in [4.78, 5) is 16.2. The minimum atomic E-state index is -3.55. The number of hydrogen-bond acceptors (Lipinski definition) is 4. The highest BCUT2D eigenvalue weighted by molar-refractivity contribution is 9.10. The number of nitrogens with one attached hydrogen (secondary N) is 2. The van der Waals surface area contributed by atoms with Gasteiger partial charge >= 0.3 is 0 Å². The summed E-state index contributed by atoms with van der Waals surface area (Å²) in [6, 6.07) is 9.24. The molecule has 21 heavy (non-hydrogen) atoms. The Labute approximate surface area is 130 Å². The predicted molar refractivity (Wildman–Crippen MR) is 82.6 cm³/mol. The van der Waals surface area contributed by atoms with Gasteiger partial charge < -0.3 is 5.32 Å². The number of benzene rings is 1. The van der Waals surface area contributed by atoms with E-state index in [9.17, 15) is 13.2 Å². The van der Waals surface area contributed by atoms with Crippen molar-refractivity contribution in [1.82, 2.24) is 9.71 Å². The van der Waals surface area contributed by atoms with Crippen LogP contribution in [-0.2, 0) is 10.0 Å². The number of anilines is 1. The van der Waals surface area contributed by atoms with E-state index in [0.29, 0.717) is 15.9 Å². The van der Waals surface area contributed by atoms with E-state index in [-0.39, 0.29) is 10.8 Å². The Morgan fingerprint density at radius 3 is 2.67 bits per heavy atom. The molecule has 0 aliphatic heterocycles. The molecule has 0 atom stereocenters. The second-order valence-electron chi connectivity index (χ2n) is 4.03. The lowest BCUT2D eigenvalue weighted by molar-refractivity contribution is 0.102. The number of carbonyl (C=O) groups is 1. The van der Waals surface area contributed by atoms with E-state index in [0.717, 1.165) is 0 Å². The van der Waals surface area contributed by atoms with Crippen LogP contribution in [0.3, 0.4) is 0 Å². The number of amides is 1. The van der Waals surface area contributed by atoms with Crippen LogP contribution in [0, 0.1) is 0 Å². The van der Waals surface area contributed by atoms with E-state index >= 15 is 0 Å². The molecule has 0 saturated carbocycles. The molecule has 0 aliphatic carbocycles. The summed E-state index contributed by atoms with van der Waals surface area (Å²) in [5, 5.41) is 2.63. The van der Waals surface area contributed by atoms with Gasteiger partial charge in [0.25, 0.3) is 5.91 Å². The molecule has 1 aromatic carbocycles. The summed E-state index contributed by atoms with van der Waals surface area (Å²) >= 11 is 3.19. The predicted octanol–water partition coefficient (Wildman–Crippen LogP) is 2.00. The number of carbonyl (C=O) groups excluding carboxylic acids is 1. The van der Waals surface area contributed by atoms with Gasteiger partial charge in [-0.3, -0.25) is 4.79 Å². The Morgan fingerprint density at radius 1 is 1.24 bits per heavy atom. The molecule has 0 unspecified atom stereocenters. The molecule has 2 N–H and O–H groups in total. The zero-order valence-corrected chi connectivity index (χ0v) is 13.4. The maximum Gasteiger partial charge on any atom is 0.258 e. The summed E-state index contributed by atoms with van der Waals surface area (Å²) in [5.74, 6) is -0.381. The van der Waals surface area contributed by atoms with Crippen molar-refractivity contribution in [2.24, 2.45) is 0 Å². The van der Waals surface area contributed by atoms with Crippen LogP contribution in [0.5, 0.6) is 0 Å². The minimum absolute atomic E-state index is 0.0769. The van der Waals surface area contributed by atoms with Gasteiger partial charge in [0.05, 0.1) is 10.5 Å². The minimum Gasteiger partial charge on any atom is -0.322 e. The Kier molecular flexibility index (Phi) is 4.71. The van der Waals surface area contributed by atoms with Crippen LogP contribution in [0.2, 0.25) is 0 Å². The van der Waals surface area contributed by atoms with Gasteiger partial charge in [-0.2, -0.15) is 0 Å². The molecule has 6 nitrogen and oxygen atoms in total. The Hall–Kier alpha value is -1.77. The van der Waals surface area contributed by atoms with Gasteiger partial charge in [0.2, 0.25) is 10.0 Å². The largest absolute Gasteiger partial charge is 0.322 e. The number of sulfonamides is 1. The zero-order chi connectivity index (χ0) is 15.5. The van der Waals surface area contributed by atoms with Crippen molar-refractivity contribution in [3.63, 3.8) is 0 Å². The van der Waals surface area contributed by atoms with Crippen LogP contribution < -0.4 is 10.0 Å². The topological polar surface area (TPSA) is 88.2 Å². The smallest absolute Gasteiger partial charge is 0.258 e. The van der Waals surface area contributed by atoms with Crippen LogP contribution in [0.4, 0.5) is 5.69 Å². The molecular weight excluding hydrogens is 358 g/mol. The second-order valence-corrected chi connectivity index (χ2v) is 6.67. The lowest BCUT2D eigenvalue weighted by Crippen LogP contribution is -2.19. The highest BCUT2D eigenvalue weighted by Crippen LogP contribution is 2.18. The highest BCUT2D eigenvalue weighted by Gasteiger charge is 2.14. The van der Waals surface area contributed by atoms with Crippen molar-refractivity contribution < 1.29 is 13.2 Å². The van der Waals surface area contributed by atoms with Gasteiger partial charge in [0, 0.05) is 11.9 Å². The monoisotopic (exact) mass is 369 g/mol. The molecule has 2 rings (SSSR count). The maximum absolute atomic E-state index is 12.1. The van der Waals surface area contributed by atoms with Crippen LogP contribution >= 0.6 is 15.9 Å². The summed E-state index contributed by atoms with van der Waals surface area (Å²) in [6.45, 7) is 0. The fourth-order valence-corrected chi connectivity index (χ4v) is 2.82. The average molecular weight is 370 g/mol. The summed E-state index contributed by atoms with van der Waals surface area (Å²) < 4.78 is 26.1. The molecule has 1 amide bonds. The summed E-state index contributed by atoms with van der Waals surface area (Å²) in [6.07, 6.45) is 1.56. The Bertz CT molecular complexity index is 778. The molecule has 0 saturated heterocycles. The van der Waals surface area contributed by atoms with Gasteiger partial charge in [-0.1, -0.05) is 6.07 Å². The molecular formula is C13H12BrN3O3S. The van der Waals surface area contributed by atoms with E-state index in [1.807, 2.05) is 0 Å². The molecule has 110 valence electrons. The van der Waals surface area contributed by atoms with Crippen molar-refractivity contribution in [3.05, 3.63) is 52.8 Å². The van der Waals surface area contributed by atoms with E-state index in [4.69, 9.17) is 0 Å². The highest BCUT2D eigenvalue weighted by atomic mass is 79.9. The first-order valence-corrected chi connectivity index (χ1v) is 8.17. The molecule has 0 bridgehead atoms. The molecule has 0 radical (unpaired) electrons. The third-order valence-corrected chi connectivity index (χ3v) is 4.72. The average Bonchev–Trinajstić information content (AvgIpc) is 2.48. The maximum atomic E-state index is 12.1. The first-order chi connectivity index (χ1) is 9.94. The Balaban J connectivity index is 2.27. The van der Waals surface area contributed by atoms with Gasteiger partial charge in [-0.25, -0.2) is 18.1 Å². The standard InChI is InChI=1S/C13H12BrN3O3S/c1-15-21(19,20)10-5-2-4-9(8-10)17-13(18)11-6-3-7-16-12(11)14/h2-8,15H,1H3,(H,17,18). The summed E-state index contributed by atoms with van der Waals surface area (Å²) in [5.41, 5.74) is 0.742. The van der Waals surface area contributed by atoms with Gasteiger partial charge in [0.1, 0.15) is 4.60 Å². The molecule has 1 heterocycles. The molecule has 8 heteroatoms. The number of pyridine rings is 1. The number of rotatable bonds is 4. The number of halogens is 1. The summed E-state index contributed by atoms with van der Waals surface area (Å²) in [7, 11) is -2.23. The lowest BCUT2D eigenvalue weighted by Gasteiger charge is -2.08. The number of nitrogens with zero attached hydrogens (tertiary/aromatic N) is 1. The van der Waals surface area contributed by atoms with Crippen molar-refractivity contribution in [2.45, 2.75) is 4.90 Å². The van der Waals surface area contributed by atoms with Crippen LogP contribution in [0.15, 0.2) is 52.1 Å². The Morgan fingerprint density at radius 2 is 2.00 bits per heavy atom. The van der Waals surface area contributed by atoms with Gasteiger partial charge in [-0.15, -0.1) is 0 Å². The van der Waals surface area contributed by atoms with Crippen molar-refractivity contribution in [3.8, 4) is 0 Å². The van der Waals surface area contributed by atoms with Gasteiger partial charge in [0.15, 0.2) is 0 Å². The fraction of sp³-hybridized carbons (Fsp3) is 0.0769. The second kappa shape index (κ2) is 6.33. The molecule has 0 aliphatic rings. The lowest BCUT2D eigenvalue weighted by atomic mass is 10.2.